The van der Waals surface area contributed by atoms with Crippen LogP contribution in [0.2, 0.25) is 0 Å². The molecule has 3 aromatic rings. The largest absolute Gasteiger partial charge is 0.345 e. The van der Waals surface area contributed by atoms with E-state index >= 15 is 0 Å². The number of aromatic nitrogens is 3. The van der Waals surface area contributed by atoms with Crippen LogP contribution in [-0.2, 0) is 13.0 Å². The molecule has 0 saturated carbocycles. The number of amides is 1. The van der Waals surface area contributed by atoms with Crippen LogP contribution >= 0.6 is 0 Å². The highest BCUT2D eigenvalue weighted by atomic mass is 16.2. The number of rotatable bonds is 1. The first-order valence-electron chi connectivity index (χ1n) is 9.12. The highest BCUT2D eigenvalue weighted by Crippen LogP contribution is 2.32. The number of fused-ring (bicyclic) bond motifs is 2. The maximum atomic E-state index is 13.0. The second kappa shape index (κ2) is 5.92. The van der Waals surface area contributed by atoms with E-state index in [0.29, 0.717) is 11.2 Å². The first-order chi connectivity index (χ1) is 12.7. The quantitative estimate of drug-likeness (QED) is 0.708. The minimum atomic E-state index is 0.0668. The Morgan fingerprint density at radius 2 is 1.96 bits per heavy atom. The van der Waals surface area contributed by atoms with Gasteiger partial charge in [-0.3, -0.25) is 4.79 Å². The van der Waals surface area contributed by atoms with Gasteiger partial charge in [0.15, 0.2) is 0 Å². The van der Waals surface area contributed by atoms with Crippen molar-refractivity contribution in [2.24, 2.45) is 0 Å². The van der Waals surface area contributed by atoms with Crippen LogP contribution in [0.3, 0.4) is 0 Å². The summed E-state index contributed by atoms with van der Waals surface area (Å²) in [7, 11) is 0. The Labute approximate surface area is 151 Å². The summed E-state index contributed by atoms with van der Waals surface area (Å²) in [4.78, 5) is 26.2. The van der Waals surface area contributed by atoms with Crippen LogP contribution < -0.4 is 5.32 Å². The van der Waals surface area contributed by atoms with Gasteiger partial charge in [-0.2, -0.15) is 0 Å². The van der Waals surface area contributed by atoms with Gasteiger partial charge < -0.3 is 15.2 Å². The SMILES string of the molecule is O=C(c1c[nH]c2ncncc12)N1CCC2(CC1)Cc1ccccc1CN2. The Kier molecular flexibility index (Phi) is 3.53. The van der Waals surface area contributed by atoms with E-state index in [1.807, 2.05) is 4.90 Å². The molecule has 1 fully saturated rings. The van der Waals surface area contributed by atoms with Crippen LogP contribution in [0.5, 0.6) is 0 Å². The highest BCUT2D eigenvalue weighted by molar-refractivity contribution is 6.05. The predicted molar refractivity (Wildman–Crippen MR) is 98.7 cm³/mol. The van der Waals surface area contributed by atoms with Gasteiger partial charge in [0, 0.05) is 43.0 Å². The van der Waals surface area contributed by atoms with Crippen LogP contribution in [-0.4, -0.2) is 44.4 Å². The van der Waals surface area contributed by atoms with Crippen molar-refractivity contribution in [1.29, 1.82) is 0 Å². The summed E-state index contributed by atoms with van der Waals surface area (Å²) in [5.74, 6) is 0.0668. The lowest BCUT2D eigenvalue weighted by Gasteiger charge is -2.45. The molecule has 5 rings (SSSR count). The molecule has 1 saturated heterocycles. The number of carbonyl (C=O) groups excluding carboxylic acids is 1. The topological polar surface area (TPSA) is 73.9 Å². The maximum Gasteiger partial charge on any atom is 0.256 e. The fourth-order valence-corrected chi connectivity index (χ4v) is 4.31. The first-order valence-corrected chi connectivity index (χ1v) is 9.12. The van der Waals surface area contributed by atoms with Crippen molar-refractivity contribution >= 4 is 16.9 Å². The lowest BCUT2D eigenvalue weighted by molar-refractivity contribution is 0.0633. The summed E-state index contributed by atoms with van der Waals surface area (Å²) < 4.78 is 0. The van der Waals surface area contributed by atoms with Gasteiger partial charge in [-0.05, 0) is 30.4 Å². The molecule has 1 spiro atoms. The number of likely N-dealkylation sites (tertiary alicyclic amines) is 1. The molecule has 0 aliphatic carbocycles. The van der Waals surface area contributed by atoms with Crippen molar-refractivity contribution in [2.75, 3.05) is 13.1 Å². The molecule has 0 bridgehead atoms. The van der Waals surface area contributed by atoms with Gasteiger partial charge in [0.2, 0.25) is 0 Å². The molecule has 132 valence electrons. The number of aromatic amines is 1. The number of benzene rings is 1. The third kappa shape index (κ3) is 2.49. The molecule has 2 aromatic heterocycles. The van der Waals surface area contributed by atoms with Gasteiger partial charge >= 0.3 is 0 Å². The minimum absolute atomic E-state index is 0.0668. The Morgan fingerprint density at radius 1 is 1.15 bits per heavy atom. The fourth-order valence-electron chi connectivity index (χ4n) is 4.31. The third-order valence-electron chi connectivity index (χ3n) is 5.89. The molecule has 26 heavy (non-hydrogen) atoms. The molecule has 6 heteroatoms. The van der Waals surface area contributed by atoms with E-state index in [0.717, 1.165) is 44.3 Å². The van der Waals surface area contributed by atoms with Crippen molar-refractivity contribution in [2.45, 2.75) is 31.3 Å². The van der Waals surface area contributed by atoms with Crippen molar-refractivity contribution in [3.8, 4) is 0 Å². The van der Waals surface area contributed by atoms with Crippen LogP contribution in [0.1, 0.15) is 34.3 Å². The normalized spacial score (nSPS) is 18.8. The van der Waals surface area contributed by atoms with Gasteiger partial charge in [0.25, 0.3) is 5.91 Å². The molecule has 0 atom stereocenters. The summed E-state index contributed by atoms with van der Waals surface area (Å²) >= 11 is 0. The number of piperidine rings is 1. The number of hydrogen-bond donors (Lipinski definition) is 2. The van der Waals surface area contributed by atoms with E-state index in [-0.39, 0.29) is 11.4 Å². The molecule has 2 aliphatic rings. The lowest BCUT2D eigenvalue weighted by atomic mass is 9.78. The summed E-state index contributed by atoms with van der Waals surface area (Å²) in [5, 5.41) is 4.54. The number of nitrogens with one attached hydrogen (secondary N) is 2. The Hall–Kier alpha value is -2.73. The van der Waals surface area contributed by atoms with E-state index < -0.39 is 0 Å². The van der Waals surface area contributed by atoms with E-state index in [9.17, 15) is 4.79 Å². The van der Waals surface area contributed by atoms with E-state index in [1.54, 1.807) is 12.4 Å². The molecule has 4 heterocycles. The second-order valence-corrected chi connectivity index (χ2v) is 7.36. The fraction of sp³-hybridized carbons (Fsp3) is 0.350. The van der Waals surface area contributed by atoms with Gasteiger partial charge in [-0.15, -0.1) is 0 Å². The monoisotopic (exact) mass is 347 g/mol. The van der Waals surface area contributed by atoms with Crippen molar-refractivity contribution in [3.05, 3.63) is 59.7 Å². The average molecular weight is 347 g/mol. The number of carbonyl (C=O) groups is 1. The molecule has 1 aromatic carbocycles. The zero-order chi connectivity index (χ0) is 17.6. The maximum absolute atomic E-state index is 13.0. The Morgan fingerprint density at radius 3 is 2.81 bits per heavy atom. The molecular formula is C20H21N5O. The van der Waals surface area contributed by atoms with E-state index in [2.05, 4.69) is 44.5 Å². The molecule has 6 nitrogen and oxygen atoms in total. The number of hydrogen-bond acceptors (Lipinski definition) is 4. The minimum Gasteiger partial charge on any atom is -0.345 e. The Bertz CT molecular complexity index is 971. The first kappa shape index (κ1) is 15.5. The molecule has 2 aliphatic heterocycles. The highest BCUT2D eigenvalue weighted by Gasteiger charge is 2.38. The van der Waals surface area contributed by atoms with Crippen molar-refractivity contribution < 1.29 is 4.79 Å². The standard InChI is InChI=1S/C20H21N5O/c26-19(17-12-22-18-16(17)11-21-13-23-18)25-7-5-20(6-8-25)9-14-3-1-2-4-15(14)10-24-20/h1-4,11-13,24H,5-10H2,(H,21,22,23). The smallest absolute Gasteiger partial charge is 0.256 e. The third-order valence-corrected chi connectivity index (χ3v) is 5.89. The van der Waals surface area contributed by atoms with Gasteiger partial charge in [-0.1, -0.05) is 24.3 Å². The van der Waals surface area contributed by atoms with Crippen molar-refractivity contribution in [1.82, 2.24) is 25.2 Å². The van der Waals surface area contributed by atoms with Crippen LogP contribution in [0.15, 0.2) is 43.0 Å². The molecule has 2 N–H and O–H groups in total. The number of H-pyrrole nitrogens is 1. The zero-order valence-corrected chi connectivity index (χ0v) is 14.5. The Balaban J connectivity index is 1.32. The second-order valence-electron chi connectivity index (χ2n) is 7.36. The summed E-state index contributed by atoms with van der Waals surface area (Å²) in [6.07, 6.45) is 7.95. The van der Waals surface area contributed by atoms with Crippen LogP contribution in [0.25, 0.3) is 11.0 Å². The average Bonchev–Trinajstić information content (AvgIpc) is 3.12. The molecule has 0 radical (unpaired) electrons. The summed E-state index contributed by atoms with van der Waals surface area (Å²) in [5.41, 5.74) is 4.34. The van der Waals surface area contributed by atoms with Gasteiger partial charge in [-0.25, -0.2) is 9.97 Å². The van der Waals surface area contributed by atoms with Gasteiger partial charge in [0.1, 0.15) is 12.0 Å². The molecule has 1 amide bonds. The van der Waals surface area contributed by atoms with Crippen LogP contribution in [0, 0.1) is 0 Å². The van der Waals surface area contributed by atoms with E-state index in [1.165, 1.54) is 17.5 Å². The molecular weight excluding hydrogens is 326 g/mol. The van der Waals surface area contributed by atoms with E-state index in [4.69, 9.17) is 0 Å². The molecule has 0 unspecified atom stereocenters. The summed E-state index contributed by atoms with van der Waals surface area (Å²) in [6.45, 7) is 2.46. The number of nitrogens with zero attached hydrogens (tertiary/aromatic N) is 3. The zero-order valence-electron chi connectivity index (χ0n) is 14.5. The lowest BCUT2D eigenvalue weighted by Crippen LogP contribution is -2.57. The predicted octanol–water partition coefficient (Wildman–Crippen LogP) is 2.28. The van der Waals surface area contributed by atoms with Crippen LogP contribution in [0.4, 0.5) is 0 Å². The van der Waals surface area contributed by atoms with Gasteiger partial charge in [0.05, 0.1) is 5.56 Å². The van der Waals surface area contributed by atoms with Crippen molar-refractivity contribution in [3.63, 3.8) is 0 Å². The summed E-state index contributed by atoms with van der Waals surface area (Å²) in [6, 6.07) is 8.66.